The minimum absolute atomic E-state index is 0.624. The summed E-state index contributed by atoms with van der Waals surface area (Å²) in [6, 6.07) is 9.36. The van der Waals surface area contributed by atoms with E-state index in [0.29, 0.717) is 6.04 Å². The molecule has 1 heterocycles. The van der Waals surface area contributed by atoms with Gasteiger partial charge in [0.25, 0.3) is 0 Å². The molecule has 0 saturated heterocycles. The summed E-state index contributed by atoms with van der Waals surface area (Å²) in [6.45, 7) is 4.20. The van der Waals surface area contributed by atoms with Crippen molar-refractivity contribution in [3.05, 3.63) is 29.8 Å². The highest BCUT2D eigenvalue weighted by Gasteiger charge is 2.23. The van der Waals surface area contributed by atoms with Gasteiger partial charge in [0, 0.05) is 18.3 Å². The zero-order valence-electron chi connectivity index (χ0n) is 9.45. The molecule has 1 unspecified atom stereocenters. The minimum Gasteiger partial charge on any atom is -0.368 e. The molecule has 0 radical (unpaired) electrons. The van der Waals surface area contributed by atoms with E-state index >= 15 is 0 Å². The molecule has 2 N–H and O–H groups in total. The van der Waals surface area contributed by atoms with Crippen LogP contribution in [0.25, 0.3) is 0 Å². The number of nitrogens with two attached hydrogens (primary N) is 1. The molecule has 0 saturated carbocycles. The van der Waals surface area contributed by atoms with Crippen molar-refractivity contribution in [3.63, 3.8) is 0 Å². The maximum Gasteiger partial charge on any atom is 0.0402 e. The second-order valence-electron chi connectivity index (χ2n) is 4.21. The van der Waals surface area contributed by atoms with Gasteiger partial charge in [0.05, 0.1) is 0 Å². The molecule has 2 nitrogen and oxygen atoms in total. The van der Waals surface area contributed by atoms with Crippen molar-refractivity contribution in [2.24, 2.45) is 5.73 Å². The Kier molecular flexibility index (Phi) is 3.27. The smallest absolute Gasteiger partial charge is 0.0402 e. The van der Waals surface area contributed by atoms with Crippen molar-refractivity contribution in [2.75, 3.05) is 18.0 Å². The number of anilines is 1. The Labute approximate surface area is 92.1 Å². The molecule has 0 aliphatic carbocycles. The Morgan fingerprint density at radius 1 is 1.40 bits per heavy atom. The third-order valence-electron chi connectivity index (χ3n) is 3.34. The van der Waals surface area contributed by atoms with E-state index in [0.717, 1.165) is 19.5 Å². The second kappa shape index (κ2) is 4.67. The van der Waals surface area contributed by atoms with Crippen molar-refractivity contribution in [2.45, 2.75) is 32.2 Å². The molecular formula is C13H20N2. The summed E-state index contributed by atoms with van der Waals surface area (Å²) in [7, 11) is 0. The van der Waals surface area contributed by atoms with Crippen molar-refractivity contribution in [1.29, 1.82) is 0 Å². The summed E-state index contributed by atoms with van der Waals surface area (Å²) >= 11 is 0. The fourth-order valence-corrected chi connectivity index (χ4v) is 2.52. The molecule has 0 spiro atoms. The van der Waals surface area contributed by atoms with E-state index in [4.69, 9.17) is 5.73 Å². The molecule has 0 aromatic heterocycles. The molecule has 2 heteroatoms. The van der Waals surface area contributed by atoms with E-state index in [1.807, 2.05) is 0 Å². The molecule has 1 aromatic rings. The summed E-state index contributed by atoms with van der Waals surface area (Å²) in [4.78, 5) is 2.53. The lowest BCUT2D eigenvalue weighted by molar-refractivity contribution is 0.553. The Bertz CT molecular complexity index is 322. The highest BCUT2D eigenvalue weighted by Crippen LogP contribution is 2.30. The van der Waals surface area contributed by atoms with Gasteiger partial charge in [-0.3, -0.25) is 0 Å². The SMILES string of the molecule is CCC(CCN)N1CCc2ccccc21. The standard InChI is InChI=1S/C13H20N2/c1-2-12(7-9-14)15-10-8-11-5-3-4-6-13(11)15/h3-6,12H,2,7-10,14H2,1H3. The topological polar surface area (TPSA) is 29.3 Å². The van der Waals surface area contributed by atoms with Gasteiger partial charge in [0.2, 0.25) is 0 Å². The summed E-state index contributed by atoms with van der Waals surface area (Å²) < 4.78 is 0. The first-order chi connectivity index (χ1) is 7.36. The van der Waals surface area contributed by atoms with Crippen LogP contribution in [0.2, 0.25) is 0 Å². The van der Waals surface area contributed by atoms with Crippen molar-refractivity contribution in [1.82, 2.24) is 0 Å². The normalized spacial score (nSPS) is 16.5. The molecule has 1 aromatic carbocycles. The van der Waals surface area contributed by atoms with Gasteiger partial charge in [0.1, 0.15) is 0 Å². The molecule has 2 rings (SSSR count). The Balaban J connectivity index is 2.18. The predicted octanol–water partition coefficient (Wildman–Crippen LogP) is 2.18. The van der Waals surface area contributed by atoms with E-state index in [-0.39, 0.29) is 0 Å². The minimum atomic E-state index is 0.624. The van der Waals surface area contributed by atoms with Gasteiger partial charge in [-0.2, -0.15) is 0 Å². The lowest BCUT2D eigenvalue weighted by Crippen LogP contribution is -2.35. The lowest BCUT2D eigenvalue weighted by atomic mass is 10.1. The Morgan fingerprint density at radius 2 is 2.20 bits per heavy atom. The average Bonchev–Trinajstić information content (AvgIpc) is 2.70. The molecular weight excluding hydrogens is 184 g/mol. The molecule has 1 aliphatic heterocycles. The number of hydrogen-bond acceptors (Lipinski definition) is 2. The van der Waals surface area contributed by atoms with E-state index in [2.05, 4.69) is 36.1 Å². The molecule has 15 heavy (non-hydrogen) atoms. The van der Waals surface area contributed by atoms with Gasteiger partial charge in [-0.15, -0.1) is 0 Å². The fraction of sp³-hybridized carbons (Fsp3) is 0.538. The first-order valence-electron chi connectivity index (χ1n) is 5.91. The van der Waals surface area contributed by atoms with Crippen LogP contribution >= 0.6 is 0 Å². The third-order valence-corrected chi connectivity index (χ3v) is 3.34. The molecule has 1 atom stereocenters. The van der Waals surface area contributed by atoms with Crippen molar-refractivity contribution < 1.29 is 0 Å². The van der Waals surface area contributed by atoms with Crippen LogP contribution in [0.4, 0.5) is 5.69 Å². The molecule has 0 amide bonds. The number of fused-ring (bicyclic) bond motifs is 1. The molecule has 0 bridgehead atoms. The molecule has 0 fully saturated rings. The van der Waals surface area contributed by atoms with Gasteiger partial charge in [-0.1, -0.05) is 25.1 Å². The molecule has 1 aliphatic rings. The highest BCUT2D eigenvalue weighted by atomic mass is 15.2. The van der Waals surface area contributed by atoms with Crippen LogP contribution in [0.5, 0.6) is 0 Å². The van der Waals surface area contributed by atoms with Gasteiger partial charge in [0.15, 0.2) is 0 Å². The average molecular weight is 204 g/mol. The van der Waals surface area contributed by atoms with Gasteiger partial charge < -0.3 is 10.6 Å². The summed E-state index contributed by atoms with van der Waals surface area (Å²) in [5, 5.41) is 0. The number of benzene rings is 1. The van der Waals surface area contributed by atoms with Gasteiger partial charge in [-0.25, -0.2) is 0 Å². The van der Waals surface area contributed by atoms with Gasteiger partial charge in [-0.05, 0) is 37.4 Å². The Morgan fingerprint density at radius 3 is 2.93 bits per heavy atom. The maximum absolute atomic E-state index is 5.67. The summed E-state index contributed by atoms with van der Waals surface area (Å²) in [6.07, 6.45) is 3.48. The van der Waals surface area contributed by atoms with Crippen LogP contribution in [-0.2, 0) is 6.42 Å². The van der Waals surface area contributed by atoms with Crippen molar-refractivity contribution in [3.8, 4) is 0 Å². The van der Waals surface area contributed by atoms with E-state index in [1.54, 1.807) is 0 Å². The van der Waals surface area contributed by atoms with E-state index in [1.165, 1.54) is 24.1 Å². The number of para-hydroxylation sites is 1. The van der Waals surface area contributed by atoms with Crippen molar-refractivity contribution >= 4 is 5.69 Å². The quantitative estimate of drug-likeness (QED) is 0.814. The lowest BCUT2D eigenvalue weighted by Gasteiger charge is -2.29. The van der Waals surface area contributed by atoms with Gasteiger partial charge >= 0.3 is 0 Å². The third kappa shape index (κ3) is 2.00. The van der Waals surface area contributed by atoms with Crippen LogP contribution in [0.15, 0.2) is 24.3 Å². The molecule has 82 valence electrons. The summed E-state index contributed by atoms with van der Waals surface area (Å²) in [5.41, 5.74) is 8.59. The number of rotatable bonds is 4. The first kappa shape index (κ1) is 10.5. The zero-order valence-corrected chi connectivity index (χ0v) is 9.45. The largest absolute Gasteiger partial charge is 0.368 e. The predicted molar refractivity (Wildman–Crippen MR) is 65.2 cm³/mol. The Hall–Kier alpha value is -1.02. The van der Waals surface area contributed by atoms with E-state index in [9.17, 15) is 0 Å². The van der Waals surface area contributed by atoms with Crippen LogP contribution in [0, 0.1) is 0 Å². The monoisotopic (exact) mass is 204 g/mol. The van der Waals surface area contributed by atoms with Crippen LogP contribution in [0.3, 0.4) is 0 Å². The second-order valence-corrected chi connectivity index (χ2v) is 4.21. The zero-order chi connectivity index (χ0) is 10.7. The maximum atomic E-state index is 5.67. The first-order valence-corrected chi connectivity index (χ1v) is 5.91. The van der Waals surface area contributed by atoms with Crippen LogP contribution in [0.1, 0.15) is 25.3 Å². The highest BCUT2D eigenvalue weighted by molar-refractivity contribution is 5.58. The van der Waals surface area contributed by atoms with Crippen LogP contribution < -0.4 is 10.6 Å². The van der Waals surface area contributed by atoms with E-state index < -0.39 is 0 Å². The number of hydrogen-bond donors (Lipinski definition) is 1. The van der Waals surface area contributed by atoms with Crippen LogP contribution in [-0.4, -0.2) is 19.1 Å². The summed E-state index contributed by atoms with van der Waals surface area (Å²) in [5.74, 6) is 0. The number of nitrogens with zero attached hydrogens (tertiary/aromatic N) is 1. The fourth-order valence-electron chi connectivity index (χ4n) is 2.52.